The Morgan fingerprint density at radius 2 is 1.54 bits per heavy atom. The van der Waals surface area contributed by atoms with Crippen LogP contribution in [-0.2, 0) is 20.8 Å². The van der Waals surface area contributed by atoms with Crippen molar-refractivity contribution in [2.75, 3.05) is 26.2 Å². The van der Waals surface area contributed by atoms with Crippen LogP contribution < -0.4 is 19.1 Å². The number of carboxylic acid groups (broad SMARTS) is 1. The van der Waals surface area contributed by atoms with E-state index in [1.807, 2.05) is 0 Å². The van der Waals surface area contributed by atoms with E-state index in [1.54, 1.807) is 60.7 Å². The van der Waals surface area contributed by atoms with Crippen molar-refractivity contribution in [3.8, 4) is 17.2 Å². The number of hydrogen-bond acceptors (Lipinski definition) is 7. The van der Waals surface area contributed by atoms with Crippen LogP contribution in [0.4, 0.5) is 5.69 Å². The second-order valence-electron chi connectivity index (χ2n) is 8.21. The molecule has 1 aliphatic rings. The summed E-state index contributed by atoms with van der Waals surface area (Å²) in [6, 6.07) is 16.9. The van der Waals surface area contributed by atoms with Gasteiger partial charge in [0.1, 0.15) is 23.0 Å². The van der Waals surface area contributed by atoms with E-state index in [2.05, 4.69) is 0 Å². The summed E-state index contributed by atoms with van der Waals surface area (Å²) >= 11 is 0. The van der Waals surface area contributed by atoms with Crippen molar-refractivity contribution < 1.29 is 38.8 Å². The Labute approximate surface area is 213 Å². The van der Waals surface area contributed by atoms with Gasteiger partial charge in [-0.2, -0.15) is 0 Å². The molecule has 0 bridgehead atoms. The maximum atomic E-state index is 13.5. The third kappa shape index (κ3) is 4.71. The molecule has 2 N–H and O–H groups in total. The molecule has 1 fully saturated rings. The summed E-state index contributed by atoms with van der Waals surface area (Å²) in [5.41, 5.74) is 1.38. The minimum Gasteiger partial charge on any atom is -0.507 e. The number of ether oxygens (including phenoxy) is 3. The lowest BCUT2D eigenvalue weighted by atomic mass is 9.94. The Morgan fingerprint density at radius 3 is 2.16 bits per heavy atom. The van der Waals surface area contributed by atoms with Gasteiger partial charge in [-0.3, -0.25) is 19.3 Å². The molecule has 190 valence electrons. The second-order valence-corrected chi connectivity index (χ2v) is 8.21. The number of amides is 1. The summed E-state index contributed by atoms with van der Waals surface area (Å²) in [6.07, 6.45) is -0.190. The summed E-state index contributed by atoms with van der Waals surface area (Å²) < 4.78 is 16.2. The van der Waals surface area contributed by atoms with Crippen molar-refractivity contribution in [1.82, 2.24) is 0 Å². The molecule has 4 rings (SSSR count). The van der Waals surface area contributed by atoms with Gasteiger partial charge in [-0.1, -0.05) is 30.3 Å². The summed E-state index contributed by atoms with van der Waals surface area (Å²) in [4.78, 5) is 39.2. The largest absolute Gasteiger partial charge is 0.507 e. The fraction of sp³-hybridized carbons (Fsp3) is 0.179. The molecule has 1 unspecified atom stereocenters. The molecule has 0 aromatic heterocycles. The predicted octanol–water partition coefficient (Wildman–Crippen LogP) is 3.97. The number of anilines is 1. The number of methoxy groups -OCH3 is 3. The Balaban J connectivity index is 1.96. The highest BCUT2D eigenvalue weighted by Crippen LogP contribution is 2.46. The molecule has 0 saturated carbocycles. The molecule has 1 amide bonds. The number of Topliss-reactive ketones (excluding diaryl/α,β-unsaturated/α-hetero) is 1. The van der Waals surface area contributed by atoms with Gasteiger partial charge in [0.05, 0.1) is 44.9 Å². The fourth-order valence-electron chi connectivity index (χ4n) is 4.38. The van der Waals surface area contributed by atoms with Crippen molar-refractivity contribution in [2.45, 2.75) is 12.5 Å². The first kappa shape index (κ1) is 25.3. The number of benzene rings is 3. The monoisotopic (exact) mass is 503 g/mol. The Bertz CT molecular complexity index is 1390. The number of rotatable bonds is 8. The highest BCUT2D eigenvalue weighted by Gasteiger charge is 2.48. The van der Waals surface area contributed by atoms with Gasteiger partial charge in [0.2, 0.25) is 0 Å². The molecule has 1 atom stereocenters. The van der Waals surface area contributed by atoms with Crippen molar-refractivity contribution >= 4 is 29.1 Å². The average Bonchev–Trinajstić information content (AvgIpc) is 3.17. The van der Waals surface area contributed by atoms with Crippen LogP contribution in [0.3, 0.4) is 0 Å². The molecule has 1 heterocycles. The van der Waals surface area contributed by atoms with Gasteiger partial charge >= 0.3 is 5.97 Å². The van der Waals surface area contributed by atoms with Crippen LogP contribution in [0, 0.1) is 0 Å². The minimum atomic E-state index is -1.04. The van der Waals surface area contributed by atoms with E-state index in [0.717, 1.165) is 0 Å². The maximum Gasteiger partial charge on any atom is 0.307 e. The van der Waals surface area contributed by atoms with Crippen LogP contribution in [0.2, 0.25) is 0 Å². The smallest absolute Gasteiger partial charge is 0.307 e. The number of ketones is 1. The number of aliphatic hydroxyl groups is 1. The van der Waals surface area contributed by atoms with Gasteiger partial charge in [-0.15, -0.1) is 0 Å². The zero-order chi connectivity index (χ0) is 26.7. The Hall–Kier alpha value is -4.79. The number of aliphatic hydroxyl groups excluding tert-OH is 1. The van der Waals surface area contributed by atoms with Crippen LogP contribution in [0.15, 0.2) is 72.3 Å². The Morgan fingerprint density at radius 1 is 0.865 bits per heavy atom. The first-order valence-electron chi connectivity index (χ1n) is 11.3. The van der Waals surface area contributed by atoms with Crippen LogP contribution >= 0.6 is 0 Å². The average molecular weight is 504 g/mol. The zero-order valence-corrected chi connectivity index (χ0v) is 20.4. The highest BCUT2D eigenvalue weighted by atomic mass is 16.5. The lowest BCUT2D eigenvalue weighted by molar-refractivity contribution is -0.136. The normalized spacial score (nSPS) is 16.5. The molecule has 9 heteroatoms. The lowest BCUT2D eigenvalue weighted by Gasteiger charge is -2.27. The van der Waals surface area contributed by atoms with Crippen molar-refractivity contribution in [1.29, 1.82) is 0 Å². The third-order valence-electron chi connectivity index (χ3n) is 6.11. The molecule has 1 aliphatic heterocycles. The maximum absolute atomic E-state index is 13.5. The molecule has 0 aliphatic carbocycles. The third-order valence-corrected chi connectivity index (χ3v) is 6.11. The number of nitrogens with zero attached hydrogens (tertiary/aromatic N) is 1. The van der Waals surface area contributed by atoms with Gasteiger partial charge in [-0.25, -0.2) is 0 Å². The summed E-state index contributed by atoms with van der Waals surface area (Å²) in [6.45, 7) is 0. The van der Waals surface area contributed by atoms with Gasteiger partial charge in [0.15, 0.2) is 0 Å². The van der Waals surface area contributed by atoms with E-state index >= 15 is 0 Å². The van der Waals surface area contributed by atoms with E-state index in [1.165, 1.54) is 32.3 Å². The number of aliphatic carboxylic acids is 1. The van der Waals surface area contributed by atoms with Gasteiger partial charge in [0.25, 0.3) is 11.7 Å². The topological polar surface area (TPSA) is 123 Å². The van der Waals surface area contributed by atoms with E-state index in [-0.39, 0.29) is 23.3 Å². The van der Waals surface area contributed by atoms with Crippen LogP contribution in [0.1, 0.15) is 22.7 Å². The number of carbonyl (C=O) groups excluding carboxylic acids is 2. The van der Waals surface area contributed by atoms with Gasteiger partial charge in [-0.05, 0) is 42.0 Å². The number of carbonyl (C=O) groups is 3. The first-order chi connectivity index (χ1) is 17.8. The lowest BCUT2D eigenvalue weighted by Crippen LogP contribution is -2.29. The molecule has 37 heavy (non-hydrogen) atoms. The summed E-state index contributed by atoms with van der Waals surface area (Å²) in [5, 5.41) is 20.6. The van der Waals surface area contributed by atoms with Crippen LogP contribution in [0.25, 0.3) is 5.76 Å². The molecular formula is C28H25NO8. The second kappa shape index (κ2) is 10.4. The van der Waals surface area contributed by atoms with E-state index in [4.69, 9.17) is 19.3 Å². The molecule has 0 radical (unpaired) electrons. The van der Waals surface area contributed by atoms with E-state index in [0.29, 0.717) is 28.3 Å². The van der Waals surface area contributed by atoms with Crippen LogP contribution in [0.5, 0.6) is 17.2 Å². The van der Waals surface area contributed by atoms with E-state index < -0.39 is 29.5 Å². The van der Waals surface area contributed by atoms with Gasteiger partial charge in [0, 0.05) is 11.3 Å². The van der Waals surface area contributed by atoms with Gasteiger partial charge < -0.3 is 24.4 Å². The first-order valence-corrected chi connectivity index (χ1v) is 11.3. The number of para-hydroxylation sites is 1. The van der Waals surface area contributed by atoms with Crippen molar-refractivity contribution in [3.63, 3.8) is 0 Å². The summed E-state index contributed by atoms with van der Waals surface area (Å²) in [5.74, 6) is -2.08. The highest BCUT2D eigenvalue weighted by molar-refractivity contribution is 6.51. The minimum absolute atomic E-state index is 0.157. The van der Waals surface area contributed by atoms with Crippen molar-refractivity contribution in [3.05, 3.63) is 89.0 Å². The SMILES string of the molecule is COc1ccc(OC)c(/C(O)=C2\C(=O)C(=O)N(c3ccc(CC(=O)O)cc3)C2c2ccccc2OC)c1. The number of hydrogen-bond donors (Lipinski definition) is 2. The fourth-order valence-corrected chi connectivity index (χ4v) is 4.38. The molecule has 1 saturated heterocycles. The molecule has 3 aromatic carbocycles. The number of carboxylic acids is 1. The van der Waals surface area contributed by atoms with Crippen molar-refractivity contribution in [2.24, 2.45) is 0 Å². The Kier molecular flexibility index (Phi) is 7.15. The zero-order valence-electron chi connectivity index (χ0n) is 20.4. The van der Waals surface area contributed by atoms with E-state index in [9.17, 15) is 19.5 Å². The van der Waals surface area contributed by atoms with Crippen LogP contribution in [-0.4, -0.2) is 49.2 Å². The quantitative estimate of drug-likeness (QED) is 0.269. The predicted molar refractivity (Wildman–Crippen MR) is 135 cm³/mol. The standard InChI is InChI=1S/C28H25NO8/c1-35-18-12-13-22(37-3)20(15-18)26(32)24-25(19-6-4-5-7-21(19)36-2)29(28(34)27(24)33)17-10-8-16(9-11-17)14-23(30)31/h4-13,15,25,32H,14H2,1-3H3,(H,30,31)/b26-24+. The molecule has 0 spiro atoms. The molecule has 9 nitrogen and oxygen atoms in total. The summed E-state index contributed by atoms with van der Waals surface area (Å²) in [7, 11) is 4.36. The molecular weight excluding hydrogens is 478 g/mol. The molecule has 3 aromatic rings.